The second kappa shape index (κ2) is 6.45. The van der Waals surface area contributed by atoms with Gasteiger partial charge in [-0.1, -0.05) is 0 Å². The number of sulfonamides is 1. The number of thiophene rings is 1. The number of nitrogens with two attached hydrogens (primary N) is 1. The average molecular weight is 304 g/mol. The Morgan fingerprint density at radius 2 is 2.11 bits per heavy atom. The van der Waals surface area contributed by atoms with Gasteiger partial charge in [0.2, 0.25) is 10.0 Å². The van der Waals surface area contributed by atoms with E-state index in [0.717, 1.165) is 17.4 Å². The summed E-state index contributed by atoms with van der Waals surface area (Å²) in [6, 6.07) is 3.12. The quantitative estimate of drug-likeness (QED) is 0.631. The van der Waals surface area contributed by atoms with E-state index >= 15 is 0 Å². The molecule has 0 aliphatic heterocycles. The normalized spacial score (nSPS) is 11.6. The maximum Gasteiger partial charge on any atom is 0.328 e. The first-order valence-corrected chi connectivity index (χ1v) is 7.60. The molecule has 1 rings (SSSR count). The number of hydrogen-bond acceptors (Lipinski definition) is 5. The van der Waals surface area contributed by atoms with Crippen LogP contribution in [-0.4, -0.2) is 37.7 Å². The van der Waals surface area contributed by atoms with Crippen molar-refractivity contribution in [3.05, 3.63) is 28.0 Å². The first-order valence-electron chi connectivity index (χ1n) is 5.07. The van der Waals surface area contributed by atoms with Crippen LogP contribution in [0.5, 0.6) is 0 Å². The summed E-state index contributed by atoms with van der Waals surface area (Å²) >= 11 is 1.10. The number of nitrogens with one attached hydrogen (secondary N) is 1. The Kier molecular flexibility index (Phi) is 5.21. The second-order valence-corrected chi connectivity index (χ2v) is 6.35. The number of carbonyl (C=O) groups is 2. The maximum absolute atomic E-state index is 11.6. The molecule has 9 heteroatoms. The molecular weight excluding hydrogens is 292 g/mol. The summed E-state index contributed by atoms with van der Waals surface area (Å²) in [5, 5.41) is 15.6. The van der Waals surface area contributed by atoms with Crippen LogP contribution in [0.3, 0.4) is 0 Å². The van der Waals surface area contributed by atoms with Gasteiger partial charge >= 0.3 is 5.97 Å². The fraction of sp³-hybridized carbons (Fsp3) is 0.200. The highest BCUT2D eigenvalue weighted by Gasteiger charge is 2.09. The van der Waals surface area contributed by atoms with E-state index in [1.54, 1.807) is 6.07 Å². The van der Waals surface area contributed by atoms with Gasteiger partial charge < -0.3 is 10.4 Å². The third-order valence-electron chi connectivity index (χ3n) is 1.91. The molecule has 0 spiro atoms. The van der Waals surface area contributed by atoms with Crippen LogP contribution in [-0.2, 0) is 14.8 Å². The van der Waals surface area contributed by atoms with Gasteiger partial charge in [-0.3, -0.25) is 4.79 Å². The van der Waals surface area contributed by atoms with Crippen molar-refractivity contribution in [3.63, 3.8) is 0 Å². The number of carboxylic acids is 1. The molecule has 0 aliphatic carbocycles. The molecule has 0 fully saturated rings. The lowest BCUT2D eigenvalue weighted by molar-refractivity contribution is -0.131. The van der Waals surface area contributed by atoms with Gasteiger partial charge in [-0.25, -0.2) is 18.4 Å². The Labute approximate surface area is 113 Å². The molecule has 0 saturated carbocycles. The van der Waals surface area contributed by atoms with E-state index in [0.29, 0.717) is 9.75 Å². The summed E-state index contributed by atoms with van der Waals surface area (Å²) in [6.07, 6.45) is 2.34. The van der Waals surface area contributed by atoms with Gasteiger partial charge in [0, 0.05) is 17.5 Å². The molecule has 1 heterocycles. The summed E-state index contributed by atoms with van der Waals surface area (Å²) in [7, 11) is -3.60. The van der Waals surface area contributed by atoms with Crippen molar-refractivity contribution in [2.75, 3.05) is 12.3 Å². The molecule has 0 saturated heterocycles. The third kappa shape index (κ3) is 6.13. The van der Waals surface area contributed by atoms with Crippen LogP contribution in [0.25, 0.3) is 6.08 Å². The highest BCUT2D eigenvalue weighted by Crippen LogP contribution is 2.17. The number of amides is 1. The number of hydrogen-bond donors (Lipinski definition) is 3. The summed E-state index contributed by atoms with van der Waals surface area (Å²) in [6.45, 7) is -0.0735. The zero-order chi connectivity index (χ0) is 14.5. The van der Waals surface area contributed by atoms with E-state index in [9.17, 15) is 18.0 Å². The first-order chi connectivity index (χ1) is 8.78. The van der Waals surface area contributed by atoms with Gasteiger partial charge in [0.15, 0.2) is 0 Å². The van der Waals surface area contributed by atoms with E-state index in [1.807, 2.05) is 0 Å². The summed E-state index contributed by atoms with van der Waals surface area (Å²) in [5.41, 5.74) is 0. The number of primary sulfonamides is 1. The molecule has 0 aromatic carbocycles. The van der Waals surface area contributed by atoms with Crippen molar-refractivity contribution in [2.45, 2.75) is 0 Å². The number of carboxylic acid groups (broad SMARTS) is 1. The maximum atomic E-state index is 11.6. The van der Waals surface area contributed by atoms with Crippen LogP contribution in [0, 0.1) is 0 Å². The fourth-order valence-corrected chi connectivity index (χ4v) is 2.33. The van der Waals surface area contributed by atoms with E-state index in [2.05, 4.69) is 5.32 Å². The lowest BCUT2D eigenvalue weighted by atomic mass is 10.4. The number of carbonyl (C=O) groups excluding carboxylic acids is 1. The number of aliphatic carboxylic acids is 1. The highest BCUT2D eigenvalue weighted by molar-refractivity contribution is 7.89. The SMILES string of the molecule is NS(=O)(=O)CCNC(=O)c1ccc(/C=C/C(=O)O)s1. The van der Waals surface area contributed by atoms with Gasteiger partial charge in [0.05, 0.1) is 10.6 Å². The molecule has 19 heavy (non-hydrogen) atoms. The van der Waals surface area contributed by atoms with Crippen molar-refractivity contribution in [2.24, 2.45) is 5.14 Å². The van der Waals surface area contributed by atoms with Crippen LogP contribution in [0.15, 0.2) is 18.2 Å². The Morgan fingerprint density at radius 1 is 1.42 bits per heavy atom. The van der Waals surface area contributed by atoms with Crippen molar-refractivity contribution < 1.29 is 23.1 Å². The van der Waals surface area contributed by atoms with Gasteiger partial charge in [-0.05, 0) is 18.2 Å². The molecule has 0 aliphatic rings. The summed E-state index contributed by atoms with van der Waals surface area (Å²) < 4.78 is 21.3. The monoisotopic (exact) mass is 304 g/mol. The largest absolute Gasteiger partial charge is 0.478 e. The zero-order valence-corrected chi connectivity index (χ0v) is 11.3. The molecule has 1 aromatic heterocycles. The molecule has 1 amide bonds. The first kappa shape index (κ1) is 15.3. The van der Waals surface area contributed by atoms with Crippen LogP contribution in [0.1, 0.15) is 14.5 Å². The van der Waals surface area contributed by atoms with Gasteiger partial charge in [-0.15, -0.1) is 11.3 Å². The predicted octanol–water partition coefficient (Wildman–Crippen LogP) is -0.136. The molecule has 0 bridgehead atoms. The second-order valence-electron chi connectivity index (χ2n) is 3.50. The van der Waals surface area contributed by atoms with Crippen molar-refractivity contribution >= 4 is 39.3 Å². The summed E-state index contributed by atoms with van der Waals surface area (Å²) in [4.78, 5) is 22.9. The number of rotatable bonds is 6. The minimum atomic E-state index is -3.60. The van der Waals surface area contributed by atoms with E-state index < -0.39 is 21.9 Å². The van der Waals surface area contributed by atoms with Crippen molar-refractivity contribution in [3.8, 4) is 0 Å². The summed E-state index contributed by atoms with van der Waals surface area (Å²) in [5.74, 6) is -1.84. The van der Waals surface area contributed by atoms with Crippen LogP contribution < -0.4 is 10.5 Å². The highest BCUT2D eigenvalue weighted by atomic mass is 32.2. The Hall–Kier alpha value is -1.71. The average Bonchev–Trinajstić information content (AvgIpc) is 2.73. The predicted molar refractivity (Wildman–Crippen MR) is 71.3 cm³/mol. The van der Waals surface area contributed by atoms with Gasteiger partial charge in [-0.2, -0.15) is 0 Å². The standard InChI is InChI=1S/C10H12N2O5S2/c11-19(16,17)6-5-12-10(15)8-3-1-7(18-8)2-4-9(13)14/h1-4H,5-6H2,(H,12,15)(H,13,14)(H2,11,16,17)/b4-2+. The smallest absolute Gasteiger partial charge is 0.328 e. The van der Waals surface area contributed by atoms with Gasteiger partial charge in [0.1, 0.15) is 0 Å². The molecule has 4 N–H and O–H groups in total. The zero-order valence-electron chi connectivity index (χ0n) is 9.70. The van der Waals surface area contributed by atoms with Crippen LogP contribution in [0.4, 0.5) is 0 Å². The topological polar surface area (TPSA) is 127 Å². The Morgan fingerprint density at radius 3 is 2.68 bits per heavy atom. The lowest BCUT2D eigenvalue weighted by Gasteiger charge is -2.01. The van der Waals surface area contributed by atoms with Crippen LogP contribution in [0.2, 0.25) is 0 Å². The molecule has 1 aromatic rings. The molecule has 104 valence electrons. The molecule has 0 radical (unpaired) electrons. The minimum Gasteiger partial charge on any atom is -0.478 e. The molecule has 0 atom stereocenters. The van der Waals surface area contributed by atoms with Crippen molar-refractivity contribution in [1.29, 1.82) is 0 Å². The molecule has 7 nitrogen and oxygen atoms in total. The van der Waals surface area contributed by atoms with E-state index in [1.165, 1.54) is 12.1 Å². The van der Waals surface area contributed by atoms with E-state index in [-0.39, 0.29) is 12.3 Å². The molecule has 0 unspecified atom stereocenters. The van der Waals surface area contributed by atoms with E-state index in [4.69, 9.17) is 10.2 Å². The Bertz CT molecular complexity index is 603. The Balaban J connectivity index is 2.56. The van der Waals surface area contributed by atoms with Crippen LogP contribution >= 0.6 is 11.3 Å². The van der Waals surface area contributed by atoms with Crippen molar-refractivity contribution in [1.82, 2.24) is 5.32 Å². The fourth-order valence-electron chi connectivity index (χ4n) is 1.11. The minimum absolute atomic E-state index is 0.0735. The third-order valence-corrected chi connectivity index (χ3v) is 3.74. The molecular formula is C10H12N2O5S2. The van der Waals surface area contributed by atoms with Gasteiger partial charge in [0.25, 0.3) is 5.91 Å². The lowest BCUT2D eigenvalue weighted by Crippen LogP contribution is -2.31.